The van der Waals surface area contributed by atoms with Crippen molar-refractivity contribution in [3.63, 3.8) is 0 Å². The molecule has 0 unspecified atom stereocenters. The number of nitrogens with zero attached hydrogens (tertiary/aromatic N) is 1. The van der Waals surface area contributed by atoms with Crippen molar-refractivity contribution in [2.75, 3.05) is 7.11 Å². The molecule has 2 aromatic rings. The Morgan fingerprint density at radius 1 is 1.50 bits per heavy atom. The second-order valence-electron chi connectivity index (χ2n) is 3.78. The molecule has 1 heterocycles. The summed E-state index contributed by atoms with van der Waals surface area (Å²) in [4.78, 5) is 30.5. The summed E-state index contributed by atoms with van der Waals surface area (Å²) in [6.45, 7) is 0. The van der Waals surface area contributed by atoms with Gasteiger partial charge in [0, 0.05) is 26.6 Å². The SMILES string of the molecule is [2H]C([2H])(c1cnc[nH]1)[C@@]([2H])(NC(=O)c1ccccc1)C(=O)OC. The molecule has 0 aliphatic carbocycles. The molecule has 0 radical (unpaired) electrons. The zero-order valence-corrected chi connectivity index (χ0v) is 10.7. The van der Waals surface area contributed by atoms with Gasteiger partial charge in [-0.3, -0.25) is 4.79 Å². The molecule has 0 saturated carbocycles. The van der Waals surface area contributed by atoms with Crippen LogP contribution in [0, 0.1) is 0 Å². The van der Waals surface area contributed by atoms with Crippen molar-refractivity contribution in [2.24, 2.45) is 0 Å². The lowest BCUT2D eigenvalue weighted by atomic mass is 10.1. The van der Waals surface area contributed by atoms with Crippen molar-refractivity contribution in [1.29, 1.82) is 0 Å². The Bertz CT molecular complexity index is 692. The van der Waals surface area contributed by atoms with Gasteiger partial charge in [0.25, 0.3) is 5.91 Å². The molecule has 2 rings (SSSR count). The van der Waals surface area contributed by atoms with Crippen LogP contribution in [0.5, 0.6) is 0 Å². The lowest BCUT2D eigenvalue weighted by molar-refractivity contribution is -0.142. The third kappa shape index (κ3) is 3.44. The highest BCUT2D eigenvalue weighted by atomic mass is 16.5. The van der Waals surface area contributed by atoms with Crippen molar-refractivity contribution in [3.05, 3.63) is 54.1 Å². The minimum Gasteiger partial charge on any atom is -0.467 e. The number of nitrogens with one attached hydrogen (secondary N) is 2. The van der Waals surface area contributed by atoms with E-state index < -0.39 is 24.3 Å². The molecule has 1 aromatic heterocycles. The molecule has 6 heteroatoms. The number of imidazole rings is 1. The summed E-state index contributed by atoms with van der Waals surface area (Å²) in [5, 5.41) is 2.12. The van der Waals surface area contributed by atoms with Gasteiger partial charge >= 0.3 is 5.97 Å². The Labute approximate surface area is 120 Å². The van der Waals surface area contributed by atoms with Crippen LogP contribution in [0.2, 0.25) is 0 Å². The minimum absolute atomic E-state index is 0.133. The molecule has 1 amide bonds. The molecule has 6 nitrogen and oxygen atoms in total. The summed E-state index contributed by atoms with van der Waals surface area (Å²) in [6, 6.07) is 5.21. The molecule has 20 heavy (non-hydrogen) atoms. The Morgan fingerprint density at radius 3 is 2.85 bits per heavy atom. The number of hydrogen-bond acceptors (Lipinski definition) is 4. The number of esters is 1. The van der Waals surface area contributed by atoms with E-state index in [2.05, 4.69) is 20.0 Å². The van der Waals surface area contributed by atoms with Crippen LogP contribution < -0.4 is 5.32 Å². The summed E-state index contributed by atoms with van der Waals surface area (Å²) in [5.74, 6) is -2.00. The number of rotatable bonds is 5. The molecule has 0 spiro atoms. The van der Waals surface area contributed by atoms with Gasteiger partial charge in [-0.15, -0.1) is 0 Å². The highest BCUT2D eigenvalue weighted by Crippen LogP contribution is 2.04. The van der Waals surface area contributed by atoms with E-state index in [4.69, 9.17) is 4.11 Å². The number of carbonyl (C=O) groups excluding carboxylic acids is 2. The Hall–Kier alpha value is -2.63. The monoisotopic (exact) mass is 276 g/mol. The molecular formula is C14H15N3O3. The number of hydrogen-bond donors (Lipinski definition) is 2. The van der Waals surface area contributed by atoms with Crippen molar-refractivity contribution < 1.29 is 18.4 Å². The number of aromatic nitrogens is 2. The molecular weight excluding hydrogens is 258 g/mol. The first kappa shape index (κ1) is 10.2. The molecule has 1 atom stereocenters. The average molecular weight is 276 g/mol. The van der Waals surface area contributed by atoms with E-state index in [1.54, 1.807) is 18.2 Å². The topological polar surface area (TPSA) is 84.1 Å². The molecule has 0 aliphatic rings. The van der Waals surface area contributed by atoms with Gasteiger partial charge < -0.3 is 15.0 Å². The zero-order valence-electron chi connectivity index (χ0n) is 13.7. The number of benzene rings is 1. The highest BCUT2D eigenvalue weighted by molar-refractivity contribution is 5.96. The van der Waals surface area contributed by atoms with Crippen LogP contribution >= 0.6 is 0 Å². The second kappa shape index (κ2) is 6.51. The van der Waals surface area contributed by atoms with Gasteiger partial charge in [-0.25, -0.2) is 9.78 Å². The molecule has 0 fully saturated rings. The Morgan fingerprint density at radius 2 is 2.25 bits per heavy atom. The lowest BCUT2D eigenvalue weighted by Crippen LogP contribution is -2.43. The molecule has 0 bridgehead atoms. The first-order valence-electron chi connectivity index (χ1n) is 7.28. The average Bonchev–Trinajstić information content (AvgIpc) is 3.09. The van der Waals surface area contributed by atoms with Crippen LogP contribution in [0.3, 0.4) is 0 Å². The normalized spacial score (nSPS) is 16.1. The molecule has 0 saturated heterocycles. The number of aromatic amines is 1. The van der Waals surface area contributed by atoms with Crippen LogP contribution in [0.15, 0.2) is 42.9 Å². The first-order valence-corrected chi connectivity index (χ1v) is 5.78. The van der Waals surface area contributed by atoms with Crippen LogP contribution in [0.1, 0.15) is 20.2 Å². The summed E-state index contributed by atoms with van der Waals surface area (Å²) in [6.07, 6.45) is -0.244. The summed E-state index contributed by atoms with van der Waals surface area (Å²) < 4.78 is 29.0. The summed E-state index contributed by atoms with van der Waals surface area (Å²) in [5.41, 5.74) is 0.0553. The number of methoxy groups -OCH3 is 1. The van der Waals surface area contributed by atoms with E-state index in [9.17, 15) is 9.59 Å². The van der Waals surface area contributed by atoms with Crippen LogP contribution in [-0.4, -0.2) is 35.0 Å². The van der Waals surface area contributed by atoms with E-state index in [0.29, 0.717) is 0 Å². The Balaban J connectivity index is 2.40. The standard InChI is InChI=1S/C14H15N3O3/c1-20-14(19)12(7-11-8-15-9-16-11)17-13(18)10-5-3-2-4-6-10/h2-6,8-9,12H,7H2,1H3,(H,15,16)(H,17,18)/t12-/m1/s1/i7D2,12D. The van der Waals surface area contributed by atoms with Crippen molar-refractivity contribution in [1.82, 2.24) is 15.3 Å². The number of amides is 1. The maximum absolute atomic E-state index is 12.3. The fourth-order valence-electron chi connectivity index (χ4n) is 1.47. The van der Waals surface area contributed by atoms with Gasteiger partial charge in [0.15, 0.2) is 0 Å². The van der Waals surface area contributed by atoms with Gasteiger partial charge in [0.1, 0.15) is 6.02 Å². The van der Waals surface area contributed by atoms with Gasteiger partial charge in [0.2, 0.25) is 0 Å². The van der Waals surface area contributed by atoms with E-state index in [0.717, 1.165) is 13.3 Å². The lowest BCUT2D eigenvalue weighted by Gasteiger charge is -2.15. The molecule has 104 valence electrons. The van der Waals surface area contributed by atoms with E-state index in [1.165, 1.54) is 18.5 Å². The highest BCUT2D eigenvalue weighted by Gasteiger charge is 2.22. The zero-order chi connectivity index (χ0) is 17.1. The minimum atomic E-state index is -2.69. The predicted octanol–water partition coefficient (Wildman–Crippen LogP) is 0.924. The number of carbonyl (C=O) groups is 2. The fraction of sp³-hybridized carbons (Fsp3) is 0.214. The smallest absolute Gasteiger partial charge is 0.328 e. The third-order valence-electron chi connectivity index (χ3n) is 2.42. The summed E-state index contributed by atoms with van der Waals surface area (Å²) in [7, 11) is 1.02. The van der Waals surface area contributed by atoms with Gasteiger partial charge in [-0.05, 0) is 12.1 Å². The van der Waals surface area contributed by atoms with Gasteiger partial charge in [-0.2, -0.15) is 0 Å². The quantitative estimate of drug-likeness (QED) is 0.795. The van der Waals surface area contributed by atoms with Crippen molar-refractivity contribution >= 4 is 11.9 Å². The van der Waals surface area contributed by atoms with Crippen LogP contribution in [-0.2, 0) is 15.9 Å². The molecule has 0 aliphatic heterocycles. The maximum Gasteiger partial charge on any atom is 0.328 e. The predicted molar refractivity (Wildman–Crippen MR) is 72.0 cm³/mol. The van der Waals surface area contributed by atoms with Crippen molar-refractivity contribution in [2.45, 2.75) is 12.4 Å². The van der Waals surface area contributed by atoms with E-state index in [-0.39, 0.29) is 11.3 Å². The fourth-order valence-corrected chi connectivity index (χ4v) is 1.47. The number of ether oxygens (including phenoxy) is 1. The van der Waals surface area contributed by atoms with E-state index in [1.807, 2.05) is 0 Å². The van der Waals surface area contributed by atoms with Crippen molar-refractivity contribution in [3.8, 4) is 0 Å². The second-order valence-corrected chi connectivity index (χ2v) is 3.78. The summed E-state index contributed by atoms with van der Waals surface area (Å²) >= 11 is 0. The van der Waals surface area contributed by atoms with E-state index >= 15 is 0 Å². The maximum atomic E-state index is 12.3. The number of H-pyrrole nitrogens is 1. The van der Waals surface area contributed by atoms with Crippen LogP contribution in [0.25, 0.3) is 0 Å². The molecule has 2 N–H and O–H groups in total. The third-order valence-corrected chi connectivity index (χ3v) is 2.42. The first-order chi connectivity index (χ1) is 10.8. The van der Waals surface area contributed by atoms with Crippen LogP contribution in [0.4, 0.5) is 0 Å². The Kier molecular flexibility index (Phi) is 3.32. The molecule has 1 aromatic carbocycles. The largest absolute Gasteiger partial charge is 0.467 e. The van der Waals surface area contributed by atoms with Gasteiger partial charge in [0.05, 0.1) is 14.8 Å². The van der Waals surface area contributed by atoms with Gasteiger partial charge in [-0.1, -0.05) is 18.2 Å².